The molecule has 2 aromatic rings. The molecule has 1 unspecified atom stereocenters. The van der Waals surface area contributed by atoms with Gasteiger partial charge in [-0.2, -0.15) is 5.10 Å². The first-order valence-electron chi connectivity index (χ1n) is 9.44. The van der Waals surface area contributed by atoms with Gasteiger partial charge in [0.25, 0.3) is 0 Å². The van der Waals surface area contributed by atoms with Gasteiger partial charge in [-0.15, -0.1) is 24.0 Å². The normalized spacial score (nSPS) is 13.0. The van der Waals surface area contributed by atoms with Crippen LogP contribution in [0.5, 0.6) is 0 Å². The number of aromatic nitrogens is 2. The third-order valence-corrected chi connectivity index (χ3v) is 5.80. The number of guanidine groups is 1. The third kappa shape index (κ3) is 7.29. The van der Waals surface area contributed by atoms with E-state index in [9.17, 15) is 8.42 Å². The Morgan fingerprint density at radius 1 is 1.24 bits per heavy atom. The molecule has 0 aliphatic rings. The highest BCUT2D eigenvalue weighted by molar-refractivity contribution is 14.0. The molecule has 0 radical (unpaired) electrons. The predicted molar refractivity (Wildman–Crippen MR) is 129 cm³/mol. The van der Waals surface area contributed by atoms with Crippen LogP contribution < -0.4 is 10.6 Å². The monoisotopic (exact) mass is 533 g/mol. The maximum Gasteiger partial charge on any atom is 0.191 e. The van der Waals surface area contributed by atoms with E-state index in [0.29, 0.717) is 11.4 Å². The summed E-state index contributed by atoms with van der Waals surface area (Å²) in [7, 11) is -1.22. The minimum atomic E-state index is -3.18. The van der Waals surface area contributed by atoms with E-state index in [4.69, 9.17) is 0 Å². The molecule has 0 aliphatic heterocycles. The predicted octanol–water partition coefficient (Wildman–Crippen LogP) is 2.74. The number of halogens is 1. The minimum Gasteiger partial charge on any atom is -0.357 e. The highest BCUT2D eigenvalue weighted by Gasteiger charge is 2.14. The summed E-state index contributed by atoms with van der Waals surface area (Å²) in [4.78, 5) is 4.95. The summed E-state index contributed by atoms with van der Waals surface area (Å²) in [5.41, 5.74) is 4.45. The quantitative estimate of drug-likeness (QED) is 0.325. The number of rotatable bonds is 7. The maximum atomic E-state index is 11.6. The molecular weight excluding hydrogens is 501 g/mol. The van der Waals surface area contributed by atoms with Crippen LogP contribution in [-0.2, 0) is 29.9 Å². The summed E-state index contributed by atoms with van der Waals surface area (Å²) in [6.07, 6.45) is 2.07. The molecule has 0 spiro atoms. The lowest BCUT2D eigenvalue weighted by atomic mass is 10.1. The van der Waals surface area contributed by atoms with Crippen LogP contribution in [0.2, 0.25) is 0 Å². The summed E-state index contributed by atoms with van der Waals surface area (Å²) in [5, 5.41) is 11.2. The summed E-state index contributed by atoms with van der Waals surface area (Å²) in [6, 6.07) is 7.03. The van der Waals surface area contributed by atoms with Gasteiger partial charge in [0.15, 0.2) is 15.8 Å². The molecule has 0 bridgehead atoms. The number of nitrogens with one attached hydrogen (secondary N) is 2. The van der Waals surface area contributed by atoms with E-state index in [1.165, 1.54) is 17.5 Å². The number of sulfone groups is 1. The zero-order valence-electron chi connectivity index (χ0n) is 18.0. The summed E-state index contributed by atoms with van der Waals surface area (Å²) in [5.74, 6) is 0.737. The topological polar surface area (TPSA) is 88.4 Å². The lowest BCUT2D eigenvalue weighted by molar-refractivity contribution is 0.602. The maximum absolute atomic E-state index is 11.6. The molecule has 29 heavy (non-hydrogen) atoms. The molecule has 1 aromatic heterocycles. The zero-order valence-corrected chi connectivity index (χ0v) is 21.1. The van der Waals surface area contributed by atoms with Crippen LogP contribution in [0.3, 0.4) is 0 Å². The van der Waals surface area contributed by atoms with Crippen LogP contribution in [0.25, 0.3) is 0 Å². The molecule has 9 heteroatoms. The van der Waals surface area contributed by atoms with Gasteiger partial charge in [-0.25, -0.2) is 13.4 Å². The number of aliphatic imine (C=N–C) groups is 1. The summed E-state index contributed by atoms with van der Waals surface area (Å²) in [6.45, 7) is 9.50. The number of aryl methyl sites for hydroxylation is 2. The van der Waals surface area contributed by atoms with Crippen molar-refractivity contribution in [3.05, 3.63) is 46.8 Å². The van der Waals surface area contributed by atoms with Gasteiger partial charge < -0.3 is 10.6 Å². The summed E-state index contributed by atoms with van der Waals surface area (Å²) < 4.78 is 25.0. The molecule has 2 rings (SSSR count). The smallest absolute Gasteiger partial charge is 0.191 e. The van der Waals surface area contributed by atoms with Gasteiger partial charge in [-0.05, 0) is 57.4 Å². The van der Waals surface area contributed by atoms with E-state index in [-0.39, 0.29) is 30.0 Å². The van der Waals surface area contributed by atoms with Crippen molar-refractivity contribution in [1.29, 1.82) is 0 Å². The first-order chi connectivity index (χ1) is 13.1. The lowest BCUT2D eigenvalue weighted by Gasteiger charge is -2.18. The Kier molecular flexibility index (Phi) is 9.60. The second-order valence-corrected chi connectivity index (χ2v) is 9.15. The molecule has 0 aliphatic carbocycles. The molecule has 0 fully saturated rings. The molecule has 0 amide bonds. The fourth-order valence-corrected chi connectivity index (χ4v) is 3.67. The molecule has 0 saturated carbocycles. The van der Waals surface area contributed by atoms with E-state index >= 15 is 0 Å². The average molecular weight is 533 g/mol. The first kappa shape index (κ1) is 25.4. The Labute approximate surface area is 191 Å². The standard InChI is InChI=1S/C20H31N5O2S.HI/c1-7-21-20(22-13-17-8-10-18(11-9-17)28(6,26)27)23-14(2)12-19-15(3)24-25(5)16(19)4;/h8-11,14H,7,12-13H2,1-6H3,(H2,21,22,23);1H. The Morgan fingerprint density at radius 2 is 1.86 bits per heavy atom. The molecule has 1 heterocycles. The second kappa shape index (κ2) is 11.0. The zero-order chi connectivity index (χ0) is 20.9. The molecule has 1 atom stereocenters. The van der Waals surface area contributed by atoms with Gasteiger partial charge in [-0.1, -0.05) is 12.1 Å². The molecule has 0 saturated heterocycles. The molecule has 162 valence electrons. The fourth-order valence-electron chi connectivity index (χ4n) is 3.04. The number of hydrogen-bond acceptors (Lipinski definition) is 4. The third-order valence-electron chi connectivity index (χ3n) is 4.67. The van der Waals surface area contributed by atoms with E-state index in [0.717, 1.165) is 30.2 Å². The van der Waals surface area contributed by atoms with E-state index in [1.807, 2.05) is 25.6 Å². The fraction of sp³-hybridized carbons (Fsp3) is 0.500. The average Bonchev–Trinajstić information content (AvgIpc) is 2.85. The van der Waals surface area contributed by atoms with Crippen LogP contribution in [0.1, 0.15) is 36.4 Å². The van der Waals surface area contributed by atoms with Crippen molar-refractivity contribution in [1.82, 2.24) is 20.4 Å². The highest BCUT2D eigenvalue weighted by atomic mass is 127. The Morgan fingerprint density at radius 3 is 2.34 bits per heavy atom. The Hall–Kier alpha value is -1.62. The van der Waals surface area contributed by atoms with Gasteiger partial charge in [0.2, 0.25) is 0 Å². The largest absolute Gasteiger partial charge is 0.357 e. The molecular formula is C20H32IN5O2S. The van der Waals surface area contributed by atoms with Gasteiger partial charge >= 0.3 is 0 Å². The SMILES string of the molecule is CCNC(=NCc1ccc(S(C)(=O)=O)cc1)NC(C)Cc1c(C)nn(C)c1C.I. The van der Waals surface area contributed by atoms with Gasteiger partial charge in [0, 0.05) is 31.6 Å². The molecule has 7 nitrogen and oxygen atoms in total. The van der Waals surface area contributed by atoms with Crippen LogP contribution >= 0.6 is 24.0 Å². The van der Waals surface area contributed by atoms with Crippen molar-refractivity contribution in [2.45, 2.75) is 51.6 Å². The van der Waals surface area contributed by atoms with Gasteiger partial charge in [-0.3, -0.25) is 4.68 Å². The lowest BCUT2D eigenvalue weighted by Crippen LogP contribution is -2.43. The van der Waals surface area contributed by atoms with E-state index < -0.39 is 9.84 Å². The number of benzene rings is 1. The van der Waals surface area contributed by atoms with Crippen LogP contribution in [-0.4, -0.2) is 43.0 Å². The number of nitrogens with zero attached hydrogens (tertiary/aromatic N) is 3. The van der Waals surface area contributed by atoms with Gasteiger partial charge in [0.1, 0.15) is 0 Å². The van der Waals surface area contributed by atoms with Crippen molar-refractivity contribution in [3.8, 4) is 0 Å². The minimum absolute atomic E-state index is 0. The van der Waals surface area contributed by atoms with Crippen molar-refractivity contribution < 1.29 is 8.42 Å². The van der Waals surface area contributed by atoms with E-state index in [1.54, 1.807) is 24.3 Å². The molecule has 1 aromatic carbocycles. The van der Waals surface area contributed by atoms with Crippen molar-refractivity contribution in [3.63, 3.8) is 0 Å². The van der Waals surface area contributed by atoms with Crippen molar-refractivity contribution >= 4 is 39.8 Å². The van der Waals surface area contributed by atoms with Gasteiger partial charge in [0.05, 0.1) is 17.1 Å². The Balaban J connectivity index is 0.00000420. The van der Waals surface area contributed by atoms with Crippen LogP contribution in [0.15, 0.2) is 34.2 Å². The van der Waals surface area contributed by atoms with Crippen LogP contribution in [0.4, 0.5) is 0 Å². The molecule has 2 N–H and O–H groups in total. The van der Waals surface area contributed by atoms with E-state index in [2.05, 4.69) is 34.6 Å². The Bertz CT molecular complexity index is 937. The van der Waals surface area contributed by atoms with Crippen molar-refractivity contribution in [2.24, 2.45) is 12.0 Å². The van der Waals surface area contributed by atoms with Crippen LogP contribution in [0, 0.1) is 13.8 Å². The number of hydrogen-bond donors (Lipinski definition) is 2. The first-order valence-corrected chi connectivity index (χ1v) is 11.3. The summed E-state index contributed by atoms with van der Waals surface area (Å²) >= 11 is 0. The van der Waals surface area contributed by atoms with Crippen molar-refractivity contribution in [2.75, 3.05) is 12.8 Å². The second-order valence-electron chi connectivity index (χ2n) is 7.13. The highest BCUT2D eigenvalue weighted by Crippen LogP contribution is 2.14.